The minimum atomic E-state index is -4.56. The highest BCUT2D eigenvalue weighted by Crippen LogP contribution is 2.36. The van der Waals surface area contributed by atoms with Gasteiger partial charge in [-0.05, 0) is 55.8 Å². The van der Waals surface area contributed by atoms with Gasteiger partial charge < -0.3 is 4.57 Å². The molecule has 1 aliphatic rings. The standard InChI is InChI=1S/C24H18F3N3O3/c1-14-12-16(15(2)29(14)20-11-7-6-10-19(20)24(25,26)27)13-18-21(31)28-23(33)30(22(18)32)17-8-4-3-5-9-17/h3-13H,1-2H3,(H,28,31,33)/b18-13+. The monoisotopic (exact) mass is 453 g/mol. The number of carbonyl (C=O) groups excluding carboxylic acids is 3. The summed E-state index contributed by atoms with van der Waals surface area (Å²) >= 11 is 0. The number of benzene rings is 2. The lowest BCUT2D eigenvalue weighted by Gasteiger charge is -2.26. The van der Waals surface area contributed by atoms with Crippen LogP contribution in [0.4, 0.5) is 23.7 Å². The predicted octanol–water partition coefficient (Wildman–Crippen LogP) is 4.78. The van der Waals surface area contributed by atoms with Crippen molar-refractivity contribution in [3.05, 3.63) is 88.8 Å². The maximum atomic E-state index is 13.6. The van der Waals surface area contributed by atoms with Gasteiger partial charge in [-0.2, -0.15) is 13.2 Å². The molecule has 0 saturated carbocycles. The van der Waals surface area contributed by atoms with Crippen molar-refractivity contribution < 1.29 is 27.6 Å². The largest absolute Gasteiger partial charge is 0.418 e. The van der Waals surface area contributed by atoms with E-state index in [4.69, 9.17) is 0 Å². The number of para-hydroxylation sites is 2. The van der Waals surface area contributed by atoms with Crippen LogP contribution >= 0.6 is 0 Å². The number of nitrogens with one attached hydrogen (secondary N) is 1. The molecule has 0 spiro atoms. The minimum absolute atomic E-state index is 0.0647. The average Bonchev–Trinajstić information content (AvgIpc) is 3.04. The quantitative estimate of drug-likeness (QED) is 0.458. The van der Waals surface area contributed by atoms with E-state index >= 15 is 0 Å². The summed E-state index contributed by atoms with van der Waals surface area (Å²) in [5.41, 5.74) is 0.371. The lowest BCUT2D eigenvalue weighted by molar-refractivity contribution is -0.137. The summed E-state index contributed by atoms with van der Waals surface area (Å²) in [5.74, 6) is -1.70. The third-order valence-corrected chi connectivity index (χ3v) is 5.34. The number of anilines is 1. The molecule has 1 aromatic heterocycles. The van der Waals surface area contributed by atoms with Gasteiger partial charge in [-0.15, -0.1) is 0 Å². The van der Waals surface area contributed by atoms with E-state index < -0.39 is 29.6 Å². The number of halogens is 3. The Balaban J connectivity index is 1.81. The maximum Gasteiger partial charge on any atom is 0.418 e. The average molecular weight is 453 g/mol. The molecular formula is C24H18F3N3O3. The van der Waals surface area contributed by atoms with E-state index in [1.165, 1.54) is 28.8 Å². The second kappa shape index (κ2) is 8.09. The summed E-state index contributed by atoms with van der Waals surface area (Å²) in [7, 11) is 0. The number of rotatable bonds is 3. The van der Waals surface area contributed by atoms with E-state index in [1.54, 1.807) is 50.2 Å². The van der Waals surface area contributed by atoms with Gasteiger partial charge in [0, 0.05) is 11.4 Å². The predicted molar refractivity (Wildman–Crippen MR) is 116 cm³/mol. The van der Waals surface area contributed by atoms with Crippen molar-refractivity contribution in [3.63, 3.8) is 0 Å². The third kappa shape index (κ3) is 3.93. The van der Waals surface area contributed by atoms with Gasteiger partial charge in [-0.1, -0.05) is 30.3 Å². The van der Waals surface area contributed by atoms with Crippen LogP contribution in [0.3, 0.4) is 0 Å². The molecule has 33 heavy (non-hydrogen) atoms. The zero-order valence-electron chi connectivity index (χ0n) is 17.6. The van der Waals surface area contributed by atoms with Gasteiger partial charge in [-0.25, -0.2) is 9.69 Å². The molecule has 0 bridgehead atoms. The zero-order valence-corrected chi connectivity index (χ0v) is 17.6. The fourth-order valence-corrected chi connectivity index (χ4v) is 3.84. The van der Waals surface area contributed by atoms with Crippen molar-refractivity contribution >= 4 is 29.6 Å². The summed E-state index contributed by atoms with van der Waals surface area (Å²) in [6.07, 6.45) is -3.27. The molecule has 4 amide bonds. The number of amides is 4. The van der Waals surface area contributed by atoms with Crippen LogP contribution in [0.25, 0.3) is 11.8 Å². The molecule has 0 aliphatic carbocycles. The van der Waals surface area contributed by atoms with Crippen molar-refractivity contribution in [1.82, 2.24) is 9.88 Å². The van der Waals surface area contributed by atoms with E-state index in [1.807, 2.05) is 0 Å². The lowest BCUT2D eigenvalue weighted by Crippen LogP contribution is -2.54. The first kappa shape index (κ1) is 22.1. The Hall–Kier alpha value is -4.14. The minimum Gasteiger partial charge on any atom is -0.317 e. The highest BCUT2D eigenvalue weighted by atomic mass is 19.4. The molecular weight excluding hydrogens is 435 g/mol. The Morgan fingerprint density at radius 3 is 2.21 bits per heavy atom. The van der Waals surface area contributed by atoms with Crippen LogP contribution in [-0.4, -0.2) is 22.4 Å². The maximum absolute atomic E-state index is 13.6. The number of aryl methyl sites for hydroxylation is 1. The highest BCUT2D eigenvalue weighted by molar-refractivity contribution is 6.39. The molecule has 4 rings (SSSR count). The number of carbonyl (C=O) groups is 3. The van der Waals surface area contributed by atoms with E-state index in [2.05, 4.69) is 5.32 Å². The Labute approximate surface area is 186 Å². The van der Waals surface area contributed by atoms with Crippen molar-refractivity contribution in [2.24, 2.45) is 0 Å². The smallest absolute Gasteiger partial charge is 0.317 e. The second-order valence-electron chi connectivity index (χ2n) is 7.47. The van der Waals surface area contributed by atoms with Crippen molar-refractivity contribution in [3.8, 4) is 5.69 Å². The summed E-state index contributed by atoms with van der Waals surface area (Å²) in [6.45, 7) is 3.22. The van der Waals surface area contributed by atoms with Crippen LogP contribution in [0.2, 0.25) is 0 Å². The van der Waals surface area contributed by atoms with Crippen molar-refractivity contribution in [2.75, 3.05) is 4.90 Å². The SMILES string of the molecule is Cc1cc(/C=C2\C(=O)NC(=O)N(c3ccccc3)C2=O)c(C)n1-c1ccccc1C(F)(F)F. The topological polar surface area (TPSA) is 71.4 Å². The van der Waals surface area contributed by atoms with Gasteiger partial charge in [-0.3, -0.25) is 14.9 Å². The molecule has 2 aromatic carbocycles. The molecule has 1 aliphatic heterocycles. The lowest BCUT2D eigenvalue weighted by atomic mass is 10.1. The first-order valence-corrected chi connectivity index (χ1v) is 9.91. The van der Waals surface area contributed by atoms with Crippen LogP contribution in [0.1, 0.15) is 22.5 Å². The summed E-state index contributed by atoms with van der Waals surface area (Å²) in [6, 6.07) is 14.0. The van der Waals surface area contributed by atoms with Crippen molar-refractivity contribution in [2.45, 2.75) is 20.0 Å². The van der Waals surface area contributed by atoms with E-state index in [-0.39, 0.29) is 16.9 Å². The van der Waals surface area contributed by atoms with Gasteiger partial charge in [0.1, 0.15) is 5.57 Å². The fraction of sp³-hybridized carbons (Fsp3) is 0.125. The van der Waals surface area contributed by atoms with E-state index in [0.717, 1.165) is 11.0 Å². The van der Waals surface area contributed by atoms with Crippen LogP contribution < -0.4 is 10.2 Å². The molecule has 0 unspecified atom stereocenters. The third-order valence-electron chi connectivity index (χ3n) is 5.34. The fourth-order valence-electron chi connectivity index (χ4n) is 3.84. The number of nitrogens with zero attached hydrogens (tertiary/aromatic N) is 2. The van der Waals surface area contributed by atoms with Crippen LogP contribution in [-0.2, 0) is 15.8 Å². The first-order valence-electron chi connectivity index (χ1n) is 9.91. The van der Waals surface area contributed by atoms with Crippen molar-refractivity contribution in [1.29, 1.82) is 0 Å². The van der Waals surface area contributed by atoms with Crippen LogP contribution in [0, 0.1) is 13.8 Å². The Bertz CT molecular complexity index is 1310. The van der Waals surface area contributed by atoms with E-state index in [9.17, 15) is 27.6 Å². The summed E-state index contributed by atoms with van der Waals surface area (Å²) in [5, 5.41) is 2.13. The number of aromatic nitrogens is 1. The first-order chi connectivity index (χ1) is 15.6. The van der Waals surface area contributed by atoms with Crippen LogP contribution in [0.15, 0.2) is 66.2 Å². The summed E-state index contributed by atoms with van der Waals surface area (Å²) in [4.78, 5) is 38.6. The van der Waals surface area contributed by atoms with Gasteiger partial charge in [0.25, 0.3) is 11.8 Å². The van der Waals surface area contributed by atoms with Gasteiger partial charge in [0.05, 0.1) is 16.9 Å². The Morgan fingerprint density at radius 1 is 0.909 bits per heavy atom. The highest BCUT2D eigenvalue weighted by Gasteiger charge is 2.37. The molecule has 1 fully saturated rings. The van der Waals surface area contributed by atoms with E-state index in [0.29, 0.717) is 17.0 Å². The van der Waals surface area contributed by atoms with Gasteiger partial charge in [0.2, 0.25) is 0 Å². The Kier molecular flexibility index (Phi) is 5.41. The molecule has 1 N–H and O–H groups in total. The molecule has 9 heteroatoms. The molecule has 6 nitrogen and oxygen atoms in total. The molecule has 0 atom stereocenters. The molecule has 0 radical (unpaired) electrons. The Morgan fingerprint density at radius 2 is 1.55 bits per heavy atom. The van der Waals surface area contributed by atoms with Crippen LogP contribution in [0.5, 0.6) is 0 Å². The van der Waals surface area contributed by atoms with Gasteiger partial charge in [0.15, 0.2) is 0 Å². The molecule has 168 valence electrons. The normalized spacial score (nSPS) is 15.8. The second-order valence-corrected chi connectivity index (χ2v) is 7.47. The number of hydrogen-bond acceptors (Lipinski definition) is 3. The number of urea groups is 1. The molecule has 2 heterocycles. The molecule has 3 aromatic rings. The summed E-state index contributed by atoms with van der Waals surface area (Å²) < 4.78 is 42.1. The molecule has 1 saturated heterocycles. The number of barbiturate groups is 1. The van der Waals surface area contributed by atoms with Gasteiger partial charge >= 0.3 is 12.2 Å². The number of alkyl halides is 3. The zero-order chi connectivity index (χ0) is 23.9. The number of hydrogen-bond donors (Lipinski definition) is 1. The number of imide groups is 2.